The Bertz CT molecular complexity index is 479. The number of hydrogen-bond acceptors (Lipinski definition) is 4. The van der Waals surface area contributed by atoms with Crippen LogP contribution in [0.25, 0.3) is 0 Å². The second-order valence-corrected chi connectivity index (χ2v) is 7.15. The van der Waals surface area contributed by atoms with Crippen LogP contribution in [0.3, 0.4) is 0 Å². The molecule has 0 fully saturated rings. The average molecular weight is 299 g/mol. The van der Waals surface area contributed by atoms with E-state index in [1.54, 1.807) is 6.20 Å². The lowest BCUT2D eigenvalue weighted by Gasteiger charge is -2.23. The molecule has 6 nitrogen and oxygen atoms in total. The molecule has 1 aromatic rings. The molecule has 1 aromatic heterocycles. The van der Waals surface area contributed by atoms with Crippen molar-refractivity contribution in [1.82, 2.24) is 10.3 Å². The monoisotopic (exact) mass is 299 g/mol. The molecule has 20 heavy (non-hydrogen) atoms. The first kappa shape index (κ1) is 16.4. The largest absolute Gasteiger partial charge is 0.481 e. The molecule has 1 unspecified atom stereocenters. The van der Waals surface area contributed by atoms with E-state index in [2.05, 4.69) is 15.6 Å². The fourth-order valence-electron chi connectivity index (χ4n) is 1.76. The van der Waals surface area contributed by atoms with Gasteiger partial charge in [0.05, 0.1) is 5.92 Å². The molecule has 0 aliphatic heterocycles. The van der Waals surface area contributed by atoms with Gasteiger partial charge in [0, 0.05) is 17.6 Å². The van der Waals surface area contributed by atoms with Crippen molar-refractivity contribution in [2.24, 2.45) is 11.3 Å². The van der Waals surface area contributed by atoms with E-state index in [0.29, 0.717) is 11.6 Å². The molecule has 112 valence electrons. The quantitative estimate of drug-likeness (QED) is 0.779. The predicted molar refractivity (Wildman–Crippen MR) is 79.1 cm³/mol. The normalized spacial score (nSPS) is 12.8. The highest BCUT2D eigenvalue weighted by atomic mass is 32.1. The Kier molecular flexibility index (Phi) is 5.50. The lowest BCUT2D eigenvalue weighted by molar-refractivity contribution is -0.142. The number of thiazole rings is 1. The SMILES string of the molecule is Cc1cnc(NC(=O)NCC(CC(C)(C)C)C(=O)O)s1. The molecule has 0 radical (unpaired) electrons. The molecule has 0 saturated heterocycles. The molecule has 0 saturated carbocycles. The molecule has 0 spiro atoms. The van der Waals surface area contributed by atoms with Crippen molar-refractivity contribution >= 4 is 28.5 Å². The average Bonchev–Trinajstić information content (AvgIpc) is 2.68. The second kappa shape index (κ2) is 6.69. The first-order valence-corrected chi connectivity index (χ1v) is 7.19. The zero-order valence-corrected chi connectivity index (χ0v) is 13.0. The number of carboxylic acids is 1. The second-order valence-electron chi connectivity index (χ2n) is 5.91. The number of nitrogens with one attached hydrogen (secondary N) is 2. The van der Waals surface area contributed by atoms with Gasteiger partial charge in [-0.05, 0) is 18.8 Å². The molecule has 7 heteroatoms. The number of amides is 2. The Morgan fingerprint density at radius 2 is 2.10 bits per heavy atom. The Morgan fingerprint density at radius 1 is 1.45 bits per heavy atom. The van der Waals surface area contributed by atoms with Crippen molar-refractivity contribution < 1.29 is 14.7 Å². The van der Waals surface area contributed by atoms with E-state index in [4.69, 9.17) is 5.11 Å². The molecular weight excluding hydrogens is 278 g/mol. The van der Waals surface area contributed by atoms with E-state index in [9.17, 15) is 9.59 Å². The molecule has 0 aromatic carbocycles. The molecule has 1 rings (SSSR count). The number of anilines is 1. The van der Waals surface area contributed by atoms with Gasteiger partial charge in [0.1, 0.15) is 0 Å². The molecule has 1 atom stereocenters. The Labute approximate surface area is 122 Å². The number of carbonyl (C=O) groups is 2. The summed E-state index contributed by atoms with van der Waals surface area (Å²) in [5.74, 6) is -1.50. The molecule has 3 N–H and O–H groups in total. The maximum Gasteiger partial charge on any atom is 0.321 e. The van der Waals surface area contributed by atoms with Crippen LogP contribution < -0.4 is 10.6 Å². The molecule has 0 bridgehead atoms. The van der Waals surface area contributed by atoms with Crippen molar-refractivity contribution in [1.29, 1.82) is 0 Å². The van der Waals surface area contributed by atoms with Crippen LogP contribution in [0.1, 0.15) is 32.1 Å². The third kappa shape index (κ3) is 6.01. The number of aliphatic carboxylic acids is 1. The van der Waals surface area contributed by atoms with Crippen LogP contribution in [-0.4, -0.2) is 28.6 Å². The third-order valence-electron chi connectivity index (χ3n) is 2.56. The van der Waals surface area contributed by atoms with Crippen molar-refractivity contribution in [3.63, 3.8) is 0 Å². The van der Waals surface area contributed by atoms with Crippen molar-refractivity contribution in [2.45, 2.75) is 34.1 Å². The van der Waals surface area contributed by atoms with E-state index in [1.165, 1.54) is 11.3 Å². The first-order chi connectivity index (χ1) is 9.17. The summed E-state index contributed by atoms with van der Waals surface area (Å²) in [6.07, 6.45) is 2.17. The lowest BCUT2D eigenvalue weighted by Crippen LogP contribution is -2.37. The zero-order chi connectivity index (χ0) is 15.3. The Balaban J connectivity index is 2.46. The van der Waals surface area contributed by atoms with Gasteiger partial charge < -0.3 is 10.4 Å². The summed E-state index contributed by atoms with van der Waals surface area (Å²) in [5.41, 5.74) is -0.104. The van der Waals surface area contributed by atoms with Crippen LogP contribution in [0.2, 0.25) is 0 Å². The topological polar surface area (TPSA) is 91.3 Å². The van der Waals surface area contributed by atoms with Crippen LogP contribution in [0.5, 0.6) is 0 Å². The summed E-state index contributed by atoms with van der Waals surface area (Å²) in [7, 11) is 0. The Morgan fingerprint density at radius 3 is 2.55 bits per heavy atom. The maximum absolute atomic E-state index is 11.7. The van der Waals surface area contributed by atoms with E-state index in [1.807, 2.05) is 27.7 Å². The van der Waals surface area contributed by atoms with Gasteiger partial charge >= 0.3 is 12.0 Å². The minimum Gasteiger partial charge on any atom is -0.481 e. The van der Waals surface area contributed by atoms with Gasteiger partial charge in [-0.2, -0.15) is 0 Å². The number of urea groups is 1. The smallest absolute Gasteiger partial charge is 0.321 e. The maximum atomic E-state index is 11.7. The van der Waals surface area contributed by atoms with Gasteiger partial charge in [-0.1, -0.05) is 20.8 Å². The number of rotatable bonds is 5. The lowest BCUT2D eigenvalue weighted by atomic mass is 9.84. The fourth-order valence-corrected chi connectivity index (χ4v) is 2.42. The molecule has 0 aliphatic rings. The van der Waals surface area contributed by atoms with E-state index in [0.717, 1.165) is 4.88 Å². The number of nitrogens with zero attached hydrogens (tertiary/aromatic N) is 1. The Hall–Kier alpha value is -1.63. The minimum atomic E-state index is -0.898. The van der Waals surface area contributed by atoms with E-state index < -0.39 is 17.9 Å². The number of hydrogen-bond donors (Lipinski definition) is 3. The molecule has 0 aliphatic carbocycles. The van der Waals surface area contributed by atoms with E-state index >= 15 is 0 Å². The van der Waals surface area contributed by atoms with Gasteiger partial charge in [0.2, 0.25) is 0 Å². The highest BCUT2D eigenvalue weighted by molar-refractivity contribution is 7.15. The number of aryl methyl sites for hydroxylation is 1. The molecule has 2 amide bonds. The predicted octanol–water partition coefficient (Wildman–Crippen LogP) is 2.71. The summed E-state index contributed by atoms with van der Waals surface area (Å²) < 4.78 is 0. The van der Waals surface area contributed by atoms with Gasteiger partial charge in [-0.25, -0.2) is 9.78 Å². The fraction of sp³-hybridized carbons (Fsp3) is 0.615. The van der Waals surface area contributed by atoms with E-state index in [-0.39, 0.29) is 12.0 Å². The summed E-state index contributed by atoms with van der Waals surface area (Å²) in [6, 6.07) is -0.431. The first-order valence-electron chi connectivity index (χ1n) is 6.37. The van der Waals surface area contributed by atoms with Crippen LogP contribution in [0.4, 0.5) is 9.93 Å². The number of carbonyl (C=O) groups excluding carboxylic acids is 1. The summed E-state index contributed by atoms with van der Waals surface area (Å²) >= 11 is 1.37. The highest BCUT2D eigenvalue weighted by Crippen LogP contribution is 2.24. The van der Waals surface area contributed by atoms with Gasteiger partial charge in [0.25, 0.3) is 0 Å². The van der Waals surface area contributed by atoms with Crippen LogP contribution >= 0.6 is 11.3 Å². The van der Waals surface area contributed by atoms with Crippen molar-refractivity contribution in [3.05, 3.63) is 11.1 Å². The highest BCUT2D eigenvalue weighted by Gasteiger charge is 2.25. The van der Waals surface area contributed by atoms with Gasteiger partial charge in [-0.3, -0.25) is 10.1 Å². The summed E-state index contributed by atoms with van der Waals surface area (Å²) in [6.45, 7) is 7.91. The standard InChI is InChI=1S/C13H21N3O3S/c1-8-6-15-12(20-8)16-11(19)14-7-9(10(17)18)5-13(2,3)4/h6,9H,5,7H2,1-4H3,(H,17,18)(H2,14,15,16,19). The van der Waals surface area contributed by atoms with Crippen LogP contribution in [0.15, 0.2) is 6.20 Å². The minimum absolute atomic E-state index is 0.1000. The van der Waals surface area contributed by atoms with Gasteiger partial charge in [-0.15, -0.1) is 11.3 Å². The summed E-state index contributed by atoms with van der Waals surface area (Å²) in [4.78, 5) is 27.8. The van der Waals surface area contributed by atoms with Crippen molar-refractivity contribution in [2.75, 3.05) is 11.9 Å². The van der Waals surface area contributed by atoms with Crippen molar-refractivity contribution in [3.8, 4) is 0 Å². The van der Waals surface area contributed by atoms with Crippen LogP contribution in [-0.2, 0) is 4.79 Å². The van der Waals surface area contributed by atoms with Gasteiger partial charge in [0.15, 0.2) is 5.13 Å². The summed E-state index contributed by atoms with van der Waals surface area (Å²) in [5, 5.41) is 14.8. The molecule has 1 heterocycles. The zero-order valence-electron chi connectivity index (χ0n) is 12.2. The number of aromatic nitrogens is 1. The number of carboxylic acid groups (broad SMARTS) is 1. The molecular formula is C13H21N3O3S. The van der Waals surface area contributed by atoms with Crippen LogP contribution in [0, 0.1) is 18.3 Å². The third-order valence-corrected chi connectivity index (χ3v) is 3.39.